The SMILES string of the molecule is COc1cccc(NC(=S)NCC(c2ccccc2)N(C)C)c1. The molecule has 5 heteroatoms. The van der Waals surface area contributed by atoms with Crippen LogP contribution in [-0.4, -0.2) is 37.8 Å². The minimum atomic E-state index is 0.251. The van der Waals surface area contributed by atoms with Crippen LogP contribution in [-0.2, 0) is 0 Å². The van der Waals surface area contributed by atoms with Crippen molar-refractivity contribution in [3.63, 3.8) is 0 Å². The summed E-state index contributed by atoms with van der Waals surface area (Å²) in [6.07, 6.45) is 0. The minimum absolute atomic E-state index is 0.251. The highest BCUT2D eigenvalue weighted by molar-refractivity contribution is 7.80. The Balaban J connectivity index is 1.94. The number of benzene rings is 2. The first kappa shape index (κ1) is 17.2. The van der Waals surface area contributed by atoms with Gasteiger partial charge in [-0.25, -0.2) is 0 Å². The van der Waals surface area contributed by atoms with Crippen LogP contribution in [0.25, 0.3) is 0 Å². The molecule has 23 heavy (non-hydrogen) atoms. The van der Waals surface area contributed by atoms with E-state index in [4.69, 9.17) is 17.0 Å². The van der Waals surface area contributed by atoms with E-state index in [1.807, 2.05) is 30.3 Å². The summed E-state index contributed by atoms with van der Waals surface area (Å²) in [5, 5.41) is 7.07. The van der Waals surface area contributed by atoms with E-state index in [0.717, 1.165) is 18.0 Å². The molecule has 1 atom stereocenters. The highest BCUT2D eigenvalue weighted by Gasteiger charge is 2.13. The summed E-state index contributed by atoms with van der Waals surface area (Å²) < 4.78 is 5.21. The Morgan fingerprint density at radius 2 is 1.87 bits per heavy atom. The Hall–Kier alpha value is -2.11. The molecule has 0 amide bonds. The van der Waals surface area contributed by atoms with Gasteiger partial charge in [-0.05, 0) is 44.0 Å². The summed E-state index contributed by atoms with van der Waals surface area (Å²) in [5.74, 6) is 0.799. The number of rotatable bonds is 6. The van der Waals surface area contributed by atoms with E-state index >= 15 is 0 Å². The first-order valence-corrected chi connectivity index (χ1v) is 7.91. The first-order chi connectivity index (χ1) is 11.1. The van der Waals surface area contributed by atoms with Gasteiger partial charge >= 0.3 is 0 Å². The normalized spacial score (nSPS) is 11.8. The second-order valence-electron chi connectivity index (χ2n) is 5.46. The summed E-state index contributed by atoms with van der Waals surface area (Å²) in [4.78, 5) is 2.18. The fourth-order valence-electron chi connectivity index (χ4n) is 2.34. The largest absolute Gasteiger partial charge is 0.497 e. The molecule has 0 saturated carbocycles. The molecular weight excluding hydrogens is 306 g/mol. The molecule has 0 heterocycles. The van der Waals surface area contributed by atoms with E-state index in [1.165, 1.54) is 5.56 Å². The lowest BCUT2D eigenvalue weighted by molar-refractivity contribution is 0.299. The van der Waals surface area contributed by atoms with Crippen LogP contribution in [0, 0.1) is 0 Å². The molecule has 0 aliphatic rings. The molecular formula is C18H23N3OS. The van der Waals surface area contributed by atoms with Crippen LogP contribution in [0.2, 0.25) is 0 Å². The van der Waals surface area contributed by atoms with Crippen molar-refractivity contribution in [2.24, 2.45) is 0 Å². The van der Waals surface area contributed by atoms with E-state index < -0.39 is 0 Å². The average Bonchev–Trinajstić information content (AvgIpc) is 2.56. The fourth-order valence-corrected chi connectivity index (χ4v) is 2.54. The number of anilines is 1. The molecule has 0 aromatic heterocycles. The van der Waals surface area contributed by atoms with Gasteiger partial charge in [0.1, 0.15) is 5.75 Å². The lowest BCUT2D eigenvalue weighted by Gasteiger charge is -2.25. The van der Waals surface area contributed by atoms with Crippen molar-refractivity contribution < 1.29 is 4.74 Å². The molecule has 2 aromatic rings. The van der Waals surface area contributed by atoms with Gasteiger partial charge in [-0.2, -0.15) is 0 Å². The molecule has 4 nitrogen and oxygen atoms in total. The van der Waals surface area contributed by atoms with Gasteiger partial charge in [0.25, 0.3) is 0 Å². The number of likely N-dealkylation sites (N-methyl/N-ethyl adjacent to an activating group) is 1. The fraction of sp³-hybridized carbons (Fsp3) is 0.278. The summed E-state index contributed by atoms with van der Waals surface area (Å²) >= 11 is 5.39. The van der Waals surface area contributed by atoms with Gasteiger partial charge in [-0.1, -0.05) is 36.4 Å². The number of hydrogen-bond acceptors (Lipinski definition) is 3. The van der Waals surface area contributed by atoms with Crippen LogP contribution in [0.15, 0.2) is 54.6 Å². The lowest BCUT2D eigenvalue weighted by Crippen LogP contribution is -2.36. The zero-order chi connectivity index (χ0) is 16.7. The predicted molar refractivity (Wildman–Crippen MR) is 100 cm³/mol. The highest BCUT2D eigenvalue weighted by atomic mass is 32.1. The van der Waals surface area contributed by atoms with Gasteiger partial charge in [0, 0.05) is 18.3 Å². The number of ether oxygens (including phenoxy) is 1. The van der Waals surface area contributed by atoms with Crippen LogP contribution >= 0.6 is 12.2 Å². The third-order valence-corrected chi connectivity index (χ3v) is 3.84. The van der Waals surface area contributed by atoms with E-state index in [9.17, 15) is 0 Å². The van der Waals surface area contributed by atoms with Gasteiger partial charge in [-0.15, -0.1) is 0 Å². The van der Waals surface area contributed by atoms with E-state index in [2.05, 4.69) is 53.9 Å². The molecule has 0 radical (unpaired) electrons. The van der Waals surface area contributed by atoms with Gasteiger partial charge in [0.2, 0.25) is 0 Å². The number of hydrogen-bond donors (Lipinski definition) is 2. The molecule has 0 bridgehead atoms. The summed E-state index contributed by atoms with van der Waals surface area (Å²) in [6, 6.07) is 18.3. The second-order valence-corrected chi connectivity index (χ2v) is 5.87. The zero-order valence-electron chi connectivity index (χ0n) is 13.7. The number of thiocarbonyl (C=S) groups is 1. The van der Waals surface area contributed by atoms with Crippen LogP contribution in [0.5, 0.6) is 5.75 Å². The summed E-state index contributed by atoms with van der Waals surface area (Å²) in [7, 11) is 5.78. The monoisotopic (exact) mass is 329 g/mol. The minimum Gasteiger partial charge on any atom is -0.497 e. The quantitative estimate of drug-likeness (QED) is 0.796. The maximum absolute atomic E-state index is 5.39. The Morgan fingerprint density at radius 1 is 1.13 bits per heavy atom. The molecule has 0 aliphatic heterocycles. The average molecular weight is 329 g/mol. The first-order valence-electron chi connectivity index (χ1n) is 7.50. The Kier molecular flexibility index (Phi) is 6.38. The summed E-state index contributed by atoms with van der Waals surface area (Å²) in [5.41, 5.74) is 2.16. The van der Waals surface area contributed by atoms with Crippen molar-refractivity contribution >= 4 is 23.0 Å². The number of nitrogens with zero attached hydrogens (tertiary/aromatic N) is 1. The van der Waals surface area contributed by atoms with Crippen LogP contribution in [0.3, 0.4) is 0 Å². The van der Waals surface area contributed by atoms with Crippen molar-refractivity contribution in [1.29, 1.82) is 0 Å². The van der Waals surface area contributed by atoms with Crippen molar-refractivity contribution in [1.82, 2.24) is 10.2 Å². The molecule has 122 valence electrons. The van der Waals surface area contributed by atoms with Crippen LogP contribution in [0.4, 0.5) is 5.69 Å². The topological polar surface area (TPSA) is 36.5 Å². The molecule has 0 fully saturated rings. The van der Waals surface area contributed by atoms with Crippen LogP contribution in [0.1, 0.15) is 11.6 Å². The smallest absolute Gasteiger partial charge is 0.170 e. The molecule has 0 saturated heterocycles. The third-order valence-electron chi connectivity index (χ3n) is 3.59. The highest BCUT2D eigenvalue weighted by Crippen LogP contribution is 2.18. The molecule has 0 spiro atoms. The van der Waals surface area contributed by atoms with Crippen LogP contribution < -0.4 is 15.4 Å². The number of methoxy groups -OCH3 is 1. The molecule has 2 aromatic carbocycles. The van der Waals surface area contributed by atoms with E-state index in [0.29, 0.717) is 5.11 Å². The second kappa shape index (κ2) is 8.50. The predicted octanol–water partition coefficient (Wildman–Crippen LogP) is 3.28. The van der Waals surface area contributed by atoms with Gasteiger partial charge < -0.3 is 20.3 Å². The molecule has 0 aliphatic carbocycles. The standard InChI is InChI=1S/C18H23N3OS/c1-21(2)17(14-8-5-4-6-9-14)13-19-18(23)20-15-10-7-11-16(12-15)22-3/h4-12,17H,13H2,1-3H3,(H2,19,20,23). The molecule has 2 N–H and O–H groups in total. The lowest BCUT2D eigenvalue weighted by atomic mass is 10.1. The third kappa shape index (κ3) is 5.23. The maximum atomic E-state index is 5.39. The maximum Gasteiger partial charge on any atom is 0.170 e. The van der Waals surface area contributed by atoms with Crippen molar-refractivity contribution in [3.05, 3.63) is 60.2 Å². The Morgan fingerprint density at radius 3 is 2.52 bits per heavy atom. The summed E-state index contributed by atoms with van der Waals surface area (Å²) in [6.45, 7) is 0.729. The Labute approximate surface area is 143 Å². The van der Waals surface area contributed by atoms with Crippen molar-refractivity contribution in [2.45, 2.75) is 6.04 Å². The molecule has 1 unspecified atom stereocenters. The van der Waals surface area contributed by atoms with Crippen molar-refractivity contribution in [2.75, 3.05) is 33.1 Å². The van der Waals surface area contributed by atoms with Gasteiger partial charge in [0.15, 0.2) is 5.11 Å². The van der Waals surface area contributed by atoms with E-state index in [1.54, 1.807) is 7.11 Å². The van der Waals surface area contributed by atoms with Gasteiger partial charge in [0.05, 0.1) is 13.2 Å². The molecule has 2 rings (SSSR count). The number of nitrogens with one attached hydrogen (secondary N) is 2. The van der Waals surface area contributed by atoms with Crippen molar-refractivity contribution in [3.8, 4) is 5.75 Å². The Bertz CT molecular complexity index is 631. The zero-order valence-corrected chi connectivity index (χ0v) is 14.6. The van der Waals surface area contributed by atoms with E-state index in [-0.39, 0.29) is 6.04 Å². The van der Waals surface area contributed by atoms with Gasteiger partial charge in [-0.3, -0.25) is 0 Å².